The number of hydrogen-bond donors (Lipinski definition) is 2. The standard InChI is InChI=1S/C25H21FN4O4/c1-13-9-21(19(10-17(13)23(27)32)24-28-8-7-14(2)29-24)30-12-20(25(33)34)18(11-22(30)31)15-3-5-16(26)6-4-15/h3-10,12,18H,11H2,1-2H3,(H2,27,32)(H,33,34)/t18-/m0/s1. The maximum Gasteiger partial charge on any atom is 0.333 e. The molecule has 172 valence electrons. The minimum absolute atomic E-state index is 0.0288. The Bertz CT molecular complexity index is 1350. The molecule has 0 radical (unpaired) electrons. The van der Waals surface area contributed by atoms with E-state index in [0.717, 1.165) is 0 Å². The van der Waals surface area contributed by atoms with Crippen LogP contribution >= 0.6 is 0 Å². The number of rotatable bonds is 5. The Labute approximate surface area is 194 Å². The highest BCUT2D eigenvalue weighted by Crippen LogP contribution is 2.39. The molecule has 0 bridgehead atoms. The highest BCUT2D eigenvalue weighted by atomic mass is 19.1. The monoisotopic (exact) mass is 460 g/mol. The summed E-state index contributed by atoms with van der Waals surface area (Å²) in [6, 6.07) is 10.2. The summed E-state index contributed by atoms with van der Waals surface area (Å²) in [7, 11) is 0. The molecule has 0 unspecified atom stereocenters. The number of primary amides is 1. The van der Waals surface area contributed by atoms with Crippen molar-refractivity contribution in [1.29, 1.82) is 0 Å². The van der Waals surface area contributed by atoms with E-state index in [-0.39, 0.29) is 29.3 Å². The molecule has 0 saturated heterocycles. The van der Waals surface area contributed by atoms with Gasteiger partial charge in [-0.1, -0.05) is 12.1 Å². The lowest BCUT2D eigenvalue weighted by atomic mass is 9.85. The van der Waals surface area contributed by atoms with Gasteiger partial charge in [0.05, 0.1) is 11.3 Å². The minimum Gasteiger partial charge on any atom is -0.478 e. The quantitative estimate of drug-likeness (QED) is 0.600. The van der Waals surface area contributed by atoms with Gasteiger partial charge in [0.15, 0.2) is 5.82 Å². The summed E-state index contributed by atoms with van der Waals surface area (Å²) in [5.41, 5.74) is 8.12. The van der Waals surface area contributed by atoms with Gasteiger partial charge in [-0.3, -0.25) is 14.5 Å². The van der Waals surface area contributed by atoms with Gasteiger partial charge in [0, 0.05) is 41.6 Å². The Morgan fingerprint density at radius 3 is 2.47 bits per heavy atom. The number of carbonyl (C=O) groups is 3. The topological polar surface area (TPSA) is 126 Å². The Kier molecular flexibility index (Phi) is 5.93. The zero-order valence-corrected chi connectivity index (χ0v) is 18.4. The predicted molar refractivity (Wildman–Crippen MR) is 122 cm³/mol. The average Bonchev–Trinajstić information content (AvgIpc) is 2.79. The highest BCUT2D eigenvalue weighted by molar-refractivity contribution is 6.06. The molecule has 8 nitrogen and oxygen atoms in total. The zero-order chi connectivity index (χ0) is 24.6. The number of benzene rings is 2. The maximum absolute atomic E-state index is 13.4. The van der Waals surface area contributed by atoms with Gasteiger partial charge < -0.3 is 10.8 Å². The van der Waals surface area contributed by atoms with Crippen LogP contribution in [0.15, 0.2) is 60.4 Å². The number of carboxylic acid groups (broad SMARTS) is 1. The molecule has 1 aromatic heterocycles. The molecule has 3 N–H and O–H groups in total. The van der Waals surface area contributed by atoms with Crippen molar-refractivity contribution < 1.29 is 23.9 Å². The normalized spacial score (nSPS) is 15.7. The van der Waals surface area contributed by atoms with E-state index in [4.69, 9.17) is 5.73 Å². The van der Waals surface area contributed by atoms with Crippen molar-refractivity contribution in [3.8, 4) is 11.4 Å². The van der Waals surface area contributed by atoms with Crippen LogP contribution in [0.5, 0.6) is 0 Å². The minimum atomic E-state index is -1.20. The molecule has 1 aliphatic heterocycles. The van der Waals surface area contributed by atoms with Gasteiger partial charge in [-0.25, -0.2) is 19.2 Å². The number of amides is 2. The molecule has 2 heterocycles. The van der Waals surface area contributed by atoms with Crippen LogP contribution in [0, 0.1) is 19.7 Å². The molecule has 0 saturated carbocycles. The number of halogens is 1. The number of aromatic nitrogens is 2. The van der Waals surface area contributed by atoms with Crippen LogP contribution in [0.1, 0.15) is 39.5 Å². The lowest BCUT2D eigenvalue weighted by Crippen LogP contribution is -2.35. The van der Waals surface area contributed by atoms with Gasteiger partial charge in [-0.2, -0.15) is 0 Å². The molecule has 2 aromatic carbocycles. The molecule has 4 rings (SSSR count). The summed E-state index contributed by atoms with van der Waals surface area (Å²) in [5, 5.41) is 9.90. The molecule has 1 atom stereocenters. The molecule has 0 spiro atoms. The van der Waals surface area contributed by atoms with Crippen LogP contribution < -0.4 is 10.6 Å². The van der Waals surface area contributed by atoms with Gasteiger partial charge in [0.2, 0.25) is 11.8 Å². The first kappa shape index (κ1) is 22.8. The van der Waals surface area contributed by atoms with Crippen LogP contribution in [-0.2, 0) is 9.59 Å². The molecular weight excluding hydrogens is 439 g/mol. The summed E-state index contributed by atoms with van der Waals surface area (Å²) >= 11 is 0. The third-order valence-corrected chi connectivity index (χ3v) is 5.71. The first-order valence-electron chi connectivity index (χ1n) is 10.4. The fourth-order valence-corrected chi connectivity index (χ4v) is 4.00. The van der Waals surface area contributed by atoms with Crippen molar-refractivity contribution >= 4 is 23.5 Å². The van der Waals surface area contributed by atoms with Gasteiger partial charge in [-0.05, 0) is 55.3 Å². The van der Waals surface area contributed by atoms with Crippen molar-refractivity contribution in [2.45, 2.75) is 26.2 Å². The lowest BCUT2D eigenvalue weighted by Gasteiger charge is -2.31. The van der Waals surface area contributed by atoms with E-state index in [1.165, 1.54) is 41.4 Å². The van der Waals surface area contributed by atoms with Crippen molar-refractivity contribution in [3.63, 3.8) is 0 Å². The van der Waals surface area contributed by atoms with E-state index in [9.17, 15) is 23.9 Å². The SMILES string of the molecule is Cc1ccnc(-c2cc(C(N)=O)c(C)cc2N2C=C(C(=O)O)[C@H](c3ccc(F)cc3)CC2=O)n1. The summed E-state index contributed by atoms with van der Waals surface area (Å²) in [5.74, 6) is -3.17. The number of nitrogens with zero attached hydrogens (tertiary/aromatic N) is 3. The second-order valence-electron chi connectivity index (χ2n) is 8.03. The van der Waals surface area contributed by atoms with E-state index < -0.39 is 23.6 Å². The second-order valence-corrected chi connectivity index (χ2v) is 8.03. The van der Waals surface area contributed by atoms with Crippen molar-refractivity contribution in [2.24, 2.45) is 5.73 Å². The van der Waals surface area contributed by atoms with Gasteiger partial charge in [-0.15, -0.1) is 0 Å². The molecule has 1 aliphatic rings. The summed E-state index contributed by atoms with van der Waals surface area (Å²) in [4.78, 5) is 47.3. The van der Waals surface area contributed by atoms with Gasteiger partial charge >= 0.3 is 5.97 Å². The van der Waals surface area contributed by atoms with E-state index in [1.54, 1.807) is 32.2 Å². The van der Waals surface area contributed by atoms with Crippen LogP contribution in [0.3, 0.4) is 0 Å². The number of anilines is 1. The highest BCUT2D eigenvalue weighted by Gasteiger charge is 2.34. The number of aryl methyl sites for hydroxylation is 2. The average molecular weight is 460 g/mol. The van der Waals surface area contributed by atoms with Crippen LogP contribution in [0.25, 0.3) is 11.4 Å². The fourth-order valence-electron chi connectivity index (χ4n) is 4.00. The summed E-state index contributed by atoms with van der Waals surface area (Å²) < 4.78 is 13.4. The summed E-state index contributed by atoms with van der Waals surface area (Å²) in [6.45, 7) is 3.44. The van der Waals surface area contributed by atoms with Crippen LogP contribution in [0.4, 0.5) is 10.1 Å². The zero-order valence-electron chi connectivity index (χ0n) is 18.4. The van der Waals surface area contributed by atoms with Gasteiger partial charge in [0.25, 0.3) is 0 Å². The number of hydrogen-bond acceptors (Lipinski definition) is 5. The Hall–Kier alpha value is -4.40. The number of carbonyl (C=O) groups excluding carboxylic acids is 2. The molecule has 3 aromatic rings. The Balaban J connectivity index is 1.90. The second kappa shape index (κ2) is 8.86. The molecule has 0 aliphatic carbocycles. The van der Waals surface area contributed by atoms with Gasteiger partial charge in [0.1, 0.15) is 5.82 Å². The molecule has 0 fully saturated rings. The molecular formula is C25H21FN4O4. The Morgan fingerprint density at radius 1 is 1.15 bits per heavy atom. The van der Waals surface area contributed by atoms with Crippen LogP contribution in [0.2, 0.25) is 0 Å². The Morgan fingerprint density at radius 2 is 1.85 bits per heavy atom. The lowest BCUT2D eigenvalue weighted by molar-refractivity contribution is -0.133. The molecule has 34 heavy (non-hydrogen) atoms. The number of aliphatic carboxylic acids is 1. The smallest absolute Gasteiger partial charge is 0.333 e. The number of carboxylic acids is 1. The largest absolute Gasteiger partial charge is 0.478 e. The molecule has 9 heteroatoms. The predicted octanol–water partition coefficient (Wildman–Crippen LogP) is 3.49. The fraction of sp³-hybridized carbons (Fsp3) is 0.160. The van der Waals surface area contributed by atoms with Crippen LogP contribution in [-0.4, -0.2) is 32.9 Å². The van der Waals surface area contributed by atoms with E-state index in [1.807, 2.05) is 0 Å². The summed E-state index contributed by atoms with van der Waals surface area (Å²) in [6.07, 6.45) is 2.67. The first-order chi connectivity index (χ1) is 16.2. The molecule has 2 amide bonds. The van der Waals surface area contributed by atoms with Crippen molar-refractivity contribution in [2.75, 3.05) is 4.90 Å². The van der Waals surface area contributed by atoms with Crippen molar-refractivity contribution in [1.82, 2.24) is 9.97 Å². The third-order valence-electron chi connectivity index (χ3n) is 5.71. The maximum atomic E-state index is 13.4. The number of nitrogens with two attached hydrogens (primary N) is 1. The van der Waals surface area contributed by atoms with E-state index >= 15 is 0 Å². The van der Waals surface area contributed by atoms with E-state index in [2.05, 4.69) is 9.97 Å². The third kappa shape index (κ3) is 4.27. The van der Waals surface area contributed by atoms with E-state index in [0.29, 0.717) is 28.1 Å². The first-order valence-corrected chi connectivity index (χ1v) is 10.4. The van der Waals surface area contributed by atoms with Crippen molar-refractivity contribution in [3.05, 3.63) is 88.6 Å².